The van der Waals surface area contributed by atoms with Gasteiger partial charge in [-0.25, -0.2) is 4.79 Å². The minimum Gasteiger partial charge on any atom is -0.486 e. The summed E-state index contributed by atoms with van der Waals surface area (Å²) >= 11 is 6.18. The second-order valence-electron chi connectivity index (χ2n) is 5.88. The first-order chi connectivity index (χ1) is 12.5. The Balaban J connectivity index is 1.51. The number of carboxylic acid groups (broad SMARTS) is 1. The number of carbonyl (C=O) groups excluding carboxylic acids is 1. The van der Waals surface area contributed by atoms with E-state index >= 15 is 0 Å². The highest BCUT2D eigenvalue weighted by Crippen LogP contribution is 2.38. The maximum atomic E-state index is 12.0. The van der Waals surface area contributed by atoms with E-state index in [1.54, 1.807) is 18.2 Å². The first kappa shape index (κ1) is 18.1. The second-order valence-corrected chi connectivity index (χ2v) is 6.29. The van der Waals surface area contributed by atoms with Crippen LogP contribution in [0.5, 0.6) is 11.5 Å². The van der Waals surface area contributed by atoms with Crippen molar-refractivity contribution in [1.82, 2.24) is 5.32 Å². The summed E-state index contributed by atoms with van der Waals surface area (Å²) in [4.78, 5) is 22.9. The number of fused-ring (bicyclic) bond motifs is 1. The lowest BCUT2D eigenvalue weighted by atomic mass is 10.1. The fraction of sp³-hybridized carbons (Fsp3) is 0.263. The van der Waals surface area contributed by atoms with Crippen molar-refractivity contribution < 1.29 is 24.2 Å². The standard InChI is InChI=1S/C19H18ClNO5/c20-15-9-13(10-16-18(15)26-8-7-25-16)11-21-17(22)6-3-12-1-4-14(5-2-12)19(23)24/h1-2,4-5,9-10H,3,6-8,11H2,(H,21,22)(H,23,24). The predicted octanol–water partition coefficient (Wildman–Crippen LogP) is 3.06. The van der Waals surface area contributed by atoms with Gasteiger partial charge in [-0.3, -0.25) is 4.79 Å². The number of carbonyl (C=O) groups is 2. The zero-order valence-electron chi connectivity index (χ0n) is 14.0. The minimum atomic E-state index is -0.965. The Morgan fingerprint density at radius 1 is 1.08 bits per heavy atom. The Bertz CT molecular complexity index is 819. The van der Waals surface area contributed by atoms with Crippen LogP contribution in [0.15, 0.2) is 36.4 Å². The van der Waals surface area contributed by atoms with Crippen molar-refractivity contribution in [3.8, 4) is 11.5 Å². The fourth-order valence-electron chi connectivity index (χ4n) is 2.63. The van der Waals surface area contributed by atoms with Crippen LogP contribution in [0.4, 0.5) is 0 Å². The number of nitrogens with one attached hydrogen (secondary N) is 1. The Labute approximate surface area is 155 Å². The second kappa shape index (κ2) is 8.10. The molecule has 0 aliphatic carbocycles. The van der Waals surface area contributed by atoms with Gasteiger partial charge in [0.2, 0.25) is 5.91 Å². The highest BCUT2D eigenvalue weighted by atomic mass is 35.5. The van der Waals surface area contributed by atoms with Crippen LogP contribution in [0.3, 0.4) is 0 Å². The van der Waals surface area contributed by atoms with Gasteiger partial charge in [-0.2, -0.15) is 0 Å². The minimum absolute atomic E-state index is 0.0988. The summed E-state index contributed by atoms with van der Waals surface area (Å²) in [5.74, 6) is 0.0648. The Morgan fingerprint density at radius 3 is 2.54 bits per heavy atom. The van der Waals surface area contributed by atoms with E-state index in [0.717, 1.165) is 11.1 Å². The van der Waals surface area contributed by atoms with Gasteiger partial charge in [0, 0.05) is 13.0 Å². The first-order valence-corrected chi connectivity index (χ1v) is 8.57. The molecule has 1 heterocycles. The molecule has 1 aliphatic heterocycles. The topological polar surface area (TPSA) is 84.9 Å². The number of hydrogen-bond acceptors (Lipinski definition) is 4. The highest BCUT2D eigenvalue weighted by Gasteiger charge is 2.16. The van der Waals surface area contributed by atoms with Crippen molar-refractivity contribution >= 4 is 23.5 Å². The third kappa shape index (κ3) is 4.46. The third-order valence-electron chi connectivity index (χ3n) is 3.99. The van der Waals surface area contributed by atoms with Crippen LogP contribution >= 0.6 is 11.6 Å². The van der Waals surface area contributed by atoms with E-state index in [2.05, 4.69) is 5.32 Å². The summed E-state index contributed by atoms with van der Waals surface area (Å²) in [5, 5.41) is 12.2. The maximum Gasteiger partial charge on any atom is 0.335 e. The van der Waals surface area contributed by atoms with Gasteiger partial charge in [0.25, 0.3) is 0 Å². The van der Waals surface area contributed by atoms with E-state index < -0.39 is 5.97 Å². The lowest BCUT2D eigenvalue weighted by Gasteiger charge is -2.20. The van der Waals surface area contributed by atoms with Crippen molar-refractivity contribution in [3.05, 3.63) is 58.1 Å². The molecule has 3 rings (SSSR count). The van der Waals surface area contributed by atoms with Crippen molar-refractivity contribution in [1.29, 1.82) is 0 Å². The zero-order chi connectivity index (χ0) is 18.5. The lowest BCUT2D eigenvalue weighted by molar-refractivity contribution is -0.121. The van der Waals surface area contributed by atoms with Gasteiger partial charge < -0.3 is 19.9 Å². The molecule has 1 aliphatic rings. The van der Waals surface area contributed by atoms with Gasteiger partial charge in [0.1, 0.15) is 13.2 Å². The van der Waals surface area contributed by atoms with E-state index in [0.29, 0.717) is 49.1 Å². The van der Waals surface area contributed by atoms with Crippen LogP contribution in [0.1, 0.15) is 27.9 Å². The molecule has 0 saturated heterocycles. The van der Waals surface area contributed by atoms with Crippen molar-refractivity contribution in [3.63, 3.8) is 0 Å². The summed E-state index contributed by atoms with van der Waals surface area (Å²) in [5.41, 5.74) is 1.97. The molecule has 0 radical (unpaired) electrons. The molecular formula is C19H18ClNO5. The summed E-state index contributed by atoms with van der Waals surface area (Å²) in [6, 6.07) is 10.1. The van der Waals surface area contributed by atoms with E-state index in [1.807, 2.05) is 6.07 Å². The quantitative estimate of drug-likeness (QED) is 0.810. The number of benzene rings is 2. The zero-order valence-corrected chi connectivity index (χ0v) is 14.7. The Kier molecular flexibility index (Phi) is 5.63. The van der Waals surface area contributed by atoms with Gasteiger partial charge in [0.05, 0.1) is 10.6 Å². The molecule has 2 N–H and O–H groups in total. The number of carboxylic acids is 1. The summed E-state index contributed by atoms with van der Waals surface area (Å²) in [6.45, 7) is 1.28. The van der Waals surface area contributed by atoms with Gasteiger partial charge in [-0.1, -0.05) is 23.7 Å². The number of halogens is 1. The molecule has 0 aromatic heterocycles. The molecule has 0 atom stereocenters. The molecule has 0 bridgehead atoms. The largest absolute Gasteiger partial charge is 0.486 e. The van der Waals surface area contributed by atoms with Crippen LogP contribution < -0.4 is 14.8 Å². The van der Waals surface area contributed by atoms with E-state index in [4.69, 9.17) is 26.2 Å². The van der Waals surface area contributed by atoms with Crippen LogP contribution in [0, 0.1) is 0 Å². The number of aromatic carboxylic acids is 1. The molecule has 0 unspecified atom stereocenters. The number of amides is 1. The SMILES string of the molecule is O=C(CCc1ccc(C(=O)O)cc1)NCc1cc(Cl)c2c(c1)OCCO2. The molecule has 2 aromatic carbocycles. The maximum absolute atomic E-state index is 12.0. The number of rotatable bonds is 6. The van der Waals surface area contributed by atoms with Crippen LogP contribution in [-0.2, 0) is 17.8 Å². The van der Waals surface area contributed by atoms with Crippen molar-refractivity contribution in [2.45, 2.75) is 19.4 Å². The summed E-state index contributed by atoms with van der Waals surface area (Å²) in [7, 11) is 0. The average molecular weight is 376 g/mol. The number of ether oxygens (including phenoxy) is 2. The molecular weight excluding hydrogens is 358 g/mol. The monoisotopic (exact) mass is 375 g/mol. The van der Waals surface area contributed by atoms with Gasteiger partial charge in [0.15, 0.2) is 11.5 Å². The average Bonchev–Trinajstić information content (AvgIpc) is 2.65. The number of hydrogen-bond donors (Lipinski definition) is 2. The summed E-state index contributed by atoms with van der Waals surface area (Å²) in [6.07, 6.45) is 0.846. The van der Waals surface area contributed by atoms with E-state index in [1.165, 1.54) is 12.1 Å². The van der Waals surface area contributed by atoms with Crippen LogP contribution in [0.25, 0.3) is 0 Å². The van der Waals surface area contributed by atoms with Crippen LogP contribution in [0.2, 0.25) is 5.02 Å². The fourth-order valence-corrected chi connectivity index (χ4v) is 2.92. The molecule has 6 nitrogen and oxygen atoms in total. The normalized spacial score (nSPS) is 12.5. The molecule has 0 saturated carbocycles. The molecule has 2 aromatic rings. The van der Waals surface area contributed by atoms with Gasteiger partial charge in [-0.15, -0.1) is 0 Å². The first-order valence-electron chi connectivity index (χ1n) is 8.20. The van der Waals surface area contributed by atoms with Crippen molar-refractivity contribution in [2.75, 3.05) is 13.2 Å². The predicted molar refractivity (Wildman–Crippen MR) is 96.0 cm³/mol. The lowest BCUT2D eigenvalue weighted by Crippen LogP contribution is -2.23. The van der Waals surface area contributed by atoms with Crippen LogP contribution in [-0.4, -0.2) is 30.2 Å². The molecule has 0 spiro atoms. The number of aryl methyl sites for hydroxylation is 1. The molecule has 136 valence electrons. The smallest absolute Gasteiger partial charge is 0.335 e. The van der Waals surface area contributed by atoms with Crippen molar-refractivity contribution in [2.24, 2.45) is 0 Å². The molecule has 7 heteroatoms. The third-order valence-corrected chi connectivity index (χ3v) is 4.27. The van der Waals surface area contributed by atoms with Gasteiger partial charge >= 0.3 is 5.97 Å². The van der Waals surface area contributed by atoms with E-state index in [-0.39, 0.29) is 11.5 Å². The molecule has 0 fully saturated rings. The Hall–Kier alpha value is -2.73. The highest BCUT2D eigenvalue weighted by molar-refractivity contribution is 6.32. The molecule has 1 amide bonds. The van der Waals surface area contributed by atoms with Gasteiger partial charge in [-0.05, 0) is 41.8 Å². The van der Waals surface area contributed by atoms with E-state index in [9.17, 15) is 9.59 Å². The molecule has 26 heavy (non-hydrogen) atoms. The Morgan fingerprint density at radius 2 is 1.81 bits per heavy atom. The summed E-state index contributed by atoms with van der Waals surface area (Å²) < 4.78 is 11.0.